The lowest BCUT2D eigenvalue weighted by atomic mass is 9.63. The van der Waals surface area contributed by atoms with Crippen LogP contribution in [0.2, 0.25) is 0 Å². The fraction of sp³-hybridized carbons (Fsp3) is 0.588. The summed E-state index contributed by atoms with van der Waals surface area (Å²) in [4.78, 5) is 15.1. The quantitative estimate of drug-likeness (QED) is 0.917. The summed E-state index contributed by atoms with van der Waals surface area (Å²) in [6.07, 6.45) is 4.17. The summed E-state index contributed by atoms with van der Waals surface area (Å²) in [5.74, 6) is 0.326. The van der Waals surface area contributed by atoms with Crippen molar-refractivity contribution in [1.29, 1.82) is 0 Å². The molecule has 0 aromatic heterocycles. The standard InChI is InChI=1S/C17H24N2O/c1-16(12-18)10-11-19(13-16)15(20)17(8-5-9-17)14-6-3-2-4-7-14/h2-4,6-7H,5,8-13,18H2,1H3. The van der Waals surface area contributed by atoms with Crippen molar-refractivity contribution in [3.05, 3.63) is 35.9 Å². The lowest BCUT2D eigenvalue weighted by molar-refractivity contribution is -0.140. The molecule has 1 saturated carbocycles. The normalized spacial score (nSPS) is 28.2. The minimum atomic E-state index is -0.249. The molecule has 0 spiro atoms. The van der Waals surface area contributed by atoms with Crippen LogP contribution in [0.4, 0.5) is 0 Å². The number of carbonyl (C=O) groups is 1. The summed E-state index contributed by atoms with van der Waals surface area (Å²) in [6.45, 7) is 4.53. The number of likely N-dealkylation sites (tertiary alicyclic amines) is 1. The van der Waals surface area contributed by atoms with Crippen LogP contribution in [0.5, 0.6) is 0 Å². The number of nitrogens with zero attached hydrogens (tertiary/aromatic N) is 1. The number of carbonyl (C=O) groups excluding carboxylic acids is 1. The molecule has 108 valence electrons. The monoisotopic (exact) mass is 272 g/mol. The molecule has 0 radical (unpaired) electrons. The third-order valence-electron chi connectivity index (χ3n) is 5.28. The fourth-order valence-electron chi connectivity index (χ4n) is 3.58. The Balaban J connectivity index is 1.83. The van der Waals surface area contributed by atoms with Gasteiger partial charge in [-0.3, -0.25) is 4.79 Å². The van der Waals surface area contributed by atoms with Gasteiger partial charge in [0.2, 0.25) is 5.91 Å². The summed E-state index contributed by atoms with van der Waals surface area (Å²) in [6, 6.07) is 10.3. The van der Waals surface area contributed by atoms with Crippen molar-refractivity contribution < 1.29 is 4.79 Å². The zero-order valence-electron chi connectivity index (χ0n) is 12.3. The van der Waals surface area contributed by atoms with Gasteiger partial charge in [-0.15, -0.1) is 0 Å². The first-order valence-corrected chi connectivity index (χ1v) is 7.65. The number of hydrogen-bond donors (Lipinski definition) is 1. The fourth-order valence-corrected chi connectivity index (χ4v) is 3.58. The Morgan fingerprint density at radius 1 is 1.25 bits per heavy atom. The van der Waals surface area contributed by atoms with Gasteiger partial charge in [0.25, 0.3) is 0 Å². The van der Waals surface area contributed by atoms with Crippen molar-refractivity contribution in [1.82, 2.24) is 4.90 Å². The van der Waals surface area contributed by atoms with Crippen LogP contribution >= 0.6 is 0 Å². The molecule has 2 fully saturated rings. The number of rotatable bonds is 3. The van der Waals surface area contributed by atoms with Crippen molar-refractivity contribution in [2.24, 2.45) is 11.1 Å². The summed E-state index contributed by atoms with van der Waals surface area (Å²) in [5, 5.41) is 0. The molecule has 1 saturated heterocycles. The van der Waals surface area contributed by atoms with E-state index in [2.05, 4.69) is 24.0 Å². The van der Waals surface area contributed by atoms with Gasteiger partial charge >= 0.3 is 0 Å². The lowest BCUT2D eigenvalue weighted by Gasteiger charge is -2.43. The van der Waals surface area contributed by atoms with Crippen molar-refractivity contribution in [2.75, 3.05) is 19.6 Å². The van der Waals surface area contributed by atoms with Gasteiger partial charge in [0.05, 0.1) is 5.41 Å². The van der Waals surface area contributed by atoms with E-state index in [9.17, 15) is 4.79 Å². The topological polar surface area (TPSA) is 46.3 Å². The molecule has 1 aliphatic heterocycles. The molecular weight excluding hydrogens is 248 g/mol. The van der Waals surface area contributed by atoms with E-state index in [1.165, 1.54) is 5.56 Å². The molecule has 1 heterocycles. The molecule has 1 aromatic rings. The Morgan fingerprint density at radius 2 is 1.95 bits per heavy atom. The van der Waals surface area contributed by atoms with Gasteiger partial charge < -0.3 is 10.6 Å². The average Bonchev–Trinajstić information content (AvgIpc) is 2.82. The average molecular weight is 272 g/mol. The molecule has 3 rings (SSSR count). The zero-order valence-corrected chi connectivity index (χ0v) is 12.3. The molecule has 2 aliphatic rings. The van der Waals surface area contributed by atoms with E-state index in [0.29, 0.717) is 12.5 Å². The van der Waals surface area contributed by atoms with Gasteiger partial charge in [-0.25, -0.2) is 0 Å². The minimum Gasteiger partial charge on any atom is -0.341 e. The van der Waals surface area contributed by atoms with E-state index < -0.39 is 0 Å². The summed E-state index contributed by atoms with van der Waals surface area (Å²) < 4.78 is 0. The maximum Gasteiger partial charge on any atom is 0.233 e. The van der Waals surface area contributed by atoms with Crippen molar-refractivity contribution in [3.8, 4) is 0 Å². The third kappa shape index (κ3) is 2.05. The van der Waals surface area contributed by atoms with Gasteiger partial charge in [-0.1, -0.05) is 43.7 Å². The highest BCUT2D eigenvalue weighted by Crippen LogP contribution is 2.46. The maximum atomic E-state index is 13.0. The van der Waals surface area contributed by atoms with Crippen molar-refractivity contribution in [2.45, 2.75) is 38.0 Å². The molecule has 2 N–H and O–H groups in total. The third-order valence-corrected chi connectivity index (χ3v) is 5.28. The maximum absolute atomic E-state index is 13.0. The predicted octanol–water partition coefficient (Wildman–Crippen LogP) is 2.31. The molecule has 1 amide bonds. The number of amides is 1. The summed E-state index contributed by atoms with van der Waals surface area (Å²) in [5.41, 5.74) is 6.91. The Hall–Kier alpha value is -1.35. The van der Waals surface area contributed by atoms with E-state index in [-0.39, 0.29) is 10.8 Å². The van der Waals surface area contributed by atoms with Crippen LogP contribution in [0, 0.1) is 5.41 Å². The van der Waals surface area contributed by atoms with Crippen LogP contribution in [0.15, 0.2) is 30.3 Å². The van der Waals surface area contributed by atoms with E-state index in [0.717, 1.165) is 38.8 Å². The number of nitrogens with two attached hydrogens (primary N) is 1. The van der Waals surface area contributed by atoms with Gasteiger partial charge in [-0.2, -0.15) is 0 Å². The largest absolute Gasteiger partial charge is 0.341 e. The highest BCUT2D eigenvalue weighted by molar-refractivity contribution is 5.89. The molecule has 1 unspecified atom stereocenters. The van der Waals surface area contributed by atoms with Gasteiger partial charge in [0, 0.05) is 13.1 Å². The van der Waals surface area contributed by atoms with Crippen LogP contribution in [0.25, 0.3) is 0 Å². The van der Waals surface area contributed by atoms with E-state index in [4.69, 9.17) is 5.73 Å². The SMILES string of the molecule is CC1(CN)CCN(C(=O)C2(c3ccccc3)CCC2)C1. The summed E-state index contributed by atoms with van der Waals surface area (Å²) in [7, 11) is 0. The first-order valence-electron chi connectivity index (χ1n) is 7.65. The minimum absolute atomic E-state index is 0.108. The Bertz CT molecular complexity index is 495. The molecule has 1 atom stereocenters. The van der Waals surface area contributed by atoms with Crippen LogP contribution in [-0.4, -0.2) is 30.4 Å². The molecule has 1 aromatic carbocycles. The molecule has 3 nitrogen and oxygen atoms in total. The second-order valence-corrected chi connectivity index (χ2v) is 6.79. The second-order valence-electron chi connectivity index (χ2n) is 6.79. The first kappa shape index (κ1) is 13.6. The first-order chi connectivity index (χ1) is 9.60. The van der Waals surface area contributed by atoms with Crippen LogP contribution in [0.1, 0.15) is 38.2 Å². The molecule has 20 heavy (non-hydrogen) atoms. The van der Waals surface area contributed by atoms with Crippen LogP contribution in [0.3, 0.4) is 0 Å². The number of benzene rings is 1. The highest BCUT2D eigenvalue weighted by Gasteiger charge is 2.49. The zero-order chi connectivity index (χ0) is 14.2. The van der Waals surface area contributed by atoms with E-state index in [1.807, 2.05) is 18.2 Å². The number of hydrogen-bond acceptors (Lipinski definition) is 2. The Labute approximate surface area is 121 Å². The van der Waals surface area contributed by atoms with E-state index in [1.54, 1.807) is 0 Å². The molecule has 3 heteroatoms. The van der Waals surface area contributed by atoms with Gasteiger partial charge in [0.15, 0.2) is 0 Å². The van der Waals surface area contributed by atoms with Crippen molar-refractivity contribution >= 4 is 5.91 Å². The van der Waals surface area contributed by atoms with Gasteiger partial charge in [0.1, 0.15) is 0 Å². The lowest BCUT2D eigenvalue weighted by Crippen LogP contribution is -2.51. The van der Waals surface area contributed by atoms with E-state index >= 15 is 0 Å². The smallest absolute Gasteiger partial charge is 0.233 e. The van der Waals surface area contributed by atoms with Crippen LogP contribution in [-0.2, 0) is 10.2 Å². The highest BCUT2D eigenvalue weighted by atomic mass is 16.2. The van der Waals surface area contributed by atoms with Gasteiger partial charge in [-0.05, 0) is 36.8 Å². The second kappa shape index (κ2) is 4.88. The van der Waals surface area contributed by atoms with Crippen LogP contribution < -0.4 is 5.73 Å². The molecule has 0 bridgehead atoms. The summed E-state index contributed by atoms with van der Waals surface area (Å²) >= 11 is 0. The Kier molecular flexibility index (Phi) is 3.33. The molecule has 1 aliphatic carbocycles. The predicted molar refractivity (Wildman–Crippen MR) is 80.3 cm³/mol. The molecular formula is C17H24N2O. The van der Waals surface area contributed by atoms with Crippen molar-refractivity contribution in [3.63, 3.8) is 0 Å². The Morgan fingerprint density at radius 3 is 2.45 bits per heavy atom.